The van der Waals surface area contributed by atoms with Crippen LogP contribution in [0.1, 0.15) is 0 Å². The number of nitrogens with zero attached hydrogens (tertiary/aromatic N) is 1. The number of fused-ring (bicyclic) bond motifs is 7. The average Bonchev–Trinajstić information content (AvgIpc) is 3.83. The third-order valence-electron chi connectivity index (χ3n) is 10.9. The van der Waals surface area contributed by atoms with Crippen molar-refractivity contribution in [1.29, 1.82) is 0 Å². The van der Waals surface area contributed by atoms with E-state index in [1.54, 1.807) is 0 Å². The summed E-state index contributed by atoms with van der Waals surface area (Å²) in [7, 11) is 0. The fraction of sp³-hybridized carbons (Fsp3) is 0. The summed E-state index contributed by atoms with van der Waals surface area (Å²) in [5, 5.41) is 7.37. The van der Waals surface area contributed by atoms with Crippen molar-refractivity contribution in [2.24, 2.45) is 0 Å². The molecule has 0 amide bonds. The Morgan fingerprint density at radius 2 is 0.873 bits per heavy atom. The van der Waals surface area contributed by atoms with E-state index in [1.807, 2.05) is 23.5 Å². The van der Waals surface area contributed by atoms with Crippen LogP contribution in [0.3, 0.4) is 0 Å². The van der Waals surface area contributed by atoms with Gasteiger partial charge < -0.3 is 9.32 Å². The largest absolute Gasteiger partial charge is 0.456 e. The Labute approximate surface area is 322 Å². The summed E-state index contributed by atoms with van der Waals surface area (Å²) < 4.78 is 8.81. The van der Waals surface area contributed by atoms with Crippen molar-refractivity contribution in [2.75, 3.05) is 4.90 Å². The van der Waals surface area contributed by atoms with E-state index in [0.29, 0.717) is 0 Å². The maximum Gasteiger partial charge on any atom is 0.136 e. The molecule has 258 valence electrons. The van der Waals surface area contributed by atoms with Gasteiger partial charge in [0.25, 0.3) is 0 Å². The predicted molar refractivity (Wildman–Crippen MR) is 235 cm³/mol. The molecule has 0 bridgehead atoms. The summed E-state index contributed by atoms with van der Waals surface area (Å²) in [6, 6.07) is 72.2. The highest BCUT2D eigenvalue weighted by atomic mass is 32.1. The Morgan fingerprint density at radius 1 is 0.345 bits per heavy atom. The van der Waals surface area contributed by atoms with Crippen LogP contribution < -0.4 is 4.90 Å². The van der Waals surface area contributed by atoms with Crippen LogP contribution >= 0.6 is 11.3 Å². The number of hydrogen-bond acceptors (Lipinski definition) is 3. The van der Waals surface area contributed by atoms with Crippen molar-refractivity contribution in [2.45, 2.75) is 0 Å². The molecule has 0 aliphatic heterocycles. The Balaban J connectivity index is 1.00. The third kappa shape index (κ3) is 5.32. The van der Waals surface area contributed by atoms with E-state index in [4.69, 9.17) is 4.42 Å². The van der Waals surface area contributed by atoms with Gasteiger partial charge in [0.2, 0.25) is 0 Å². The van der Waals surface area contributed by atoms with Crippen LogP contribution in [0.2, 0.25) is 0 Å². The lowest BCUT2D eigenvalue weighted by atomic mass is 9.96. The smallest absolute Gasteiger partial charge is 0.136 e. The lowest BCUT2D eigenvalue weighted by Gasteiger charge is -2.27. The monoisotopic (exact) mass is 719 g/mol. The average molecular weight is 720 g/mol. The summed E-state index contributed by atoms with van der Waals surface area (Å²) >= 11 is 1.85. The molecule has 11 aromatic rings. The Bertz CT molecular complexity index is 3180. The van der Waals surface area contributed by atoms with Gasteiger partial charge in [-0.2, -0.15) is 0 Å². The van der Waals surface area contributed by atoms with Gasteiger partial charge in [-0.3, -0.25) is 0 Å². The van der Waals surface area contributed by atoms with Gasteiger partial charge >= 0.3 is 0 Å². The van der Waals surface area contributed by atoms with Crippen LogP contribution in [0, 0.1) is 0 Å². The zero-order chi connectivity index (χ0) is 36.3. The van der Waals surface area contributed by atoms with E-state index in [-0.39, 0.29) is 0 Å². The lowest BCUT2D eigenvalue weighted by molar-refractivity contribution is 0.669. The Kier molecular flexibility index (Phi) is 7.39. The first-order chi connectivity index (χ1) is 27.3. The number of hydrogen-bond donors (Lipinski definition) is 0. The third-order valence-corrected chi connectivity index (χ3v) is 12.0. The van der Waals surface area contributed by atoms with Crippen LogP contribution in [-0.2, 0) is 0 Å². The van der Waals surface area contributed by atoms with Gasteiger partial charge in [-0.1, -0.05) is 146 Å². The second kappa shape index (κ2) is 12.9. The minimum absolute atomic E-state index is 0.906. The van der Waals surface area contributed by atoms with E-state index in [2.05, 4.69) is 193 Å². The predicted octanol–water partition coefficient (Wildman–Crippen LogP) is 15.6. The molecule has 11 rings (SSSR count). The molecule has 2 heterocycles. The van der Waals surface area contributed by atoms with Crippen LogP contribution in [0.25, 0.3) is 86.3 Å². The van der Waals surface area contributed by atoms with Crippen molar-refractivity contribution in [1.82, 2.24) is 0 Å². The zero-order valence-corrected chi connectivity index (χ0v) is 30.6. The second-order valence-electron chi connectivity index (χ2n) is 14.1. The van der Waals surface area contributed by atoms with Crippen LogP contribution in [0.15, 0.2) is 205 Å². The van der Waals surface area contributed by atoms with Crippen molar-refractivity contribution in [3.05, 3.63) is 200 Å². The highest BCUT2D eigenvalue weighted by molar-refractivity contribution is 7.26. The van der Waals surface area contributed by atoms with E-state index < -0.39 is 0 Å². The first-order valence-electron chi connectivity index (χ1n) is 18.7. The molecule has 0 unspecified atom stereocenters. The van der Waals surface area contributed by atoms with Crippen molar-refractivity contribution in [3.8, 4) is 33.4 Å². The first kappa shape index (κ1) is 31.6. The van der Waals surface area contributed by atoms with Gasteiger partial charge in [0.1, 0.15) is 11.2 Å². The normalized spacial score (nSPS) is 11.6. The first-order valence-corrected chi connectivity index (χ1v) is 19.5. The Hall–Kier alpha value is -6.94. The highest BCUT2D eigenvalue weighted by Crippen LogP contribution is 2.46. The fourth-order valence-electron chi connectivity index (χ4n) is 8.30. The molecule has 2 aromatic heterocycles. The van der Waals surface area contributed by atoms with E-state index in [1.165, 1.54) is 58.8 Å². The summed E-state index contributed by atoms with van der Waals surface area (Å²) in [4.78, 5) is 2.41. The molecule has 0 fully saturated rings. The maximum absolute atomic E-state index is 6.24. The van der Waals surface area contributed by atoms with Crippen LogP contribution in [0.5, 0.6) is 0 Å². The Morgan fingerprint density at radius 3 is 1.67 bits per heavy atom. The van der Waals surface area contributed by atoms with Crippen molar-refractivity contribution in [3.63, 3.8) is 0 Å². The molecular formula is C52H33NOS. The van der Waals surface area contributed by atoms with Crippen LogP contribution in [0.4, 0.5) is 17.1 Å². The maximum atomic E-state index is 6.24. The molecule has 9 aromatic carbocycles. The number of benzene rings is 9. The molecular weight excluding hydrogens is 687 g/mol. The topological polar surface area (TPSA) is 16.4 Å². The number of thiophene rings is 1. The van der Waals surface area contributed by atoms with Gasteiger partial charge in [-0.15, -0.1) is 11.3 Å². The number of anilines is 3. The number of rotatable bonds is 6. The number of furan rings is 1. The van der Waals surface area contributed by atoms with Gasteiger partial charge in [-0.05, 0) is 98.8 Å². The molecule has 0 saturated heterocycles. The second-order valence-corrected chi connectivity index (χ2v) is 15.1. The molecule has 0 saturated carbocycles. The summed E-state index contributed by atoms with van der Waals surface area (Å²) in [5.74, 6) is 0. The SMILES string of the molecule is c1ccc2c(-c3ccc(-c4ccc(N(c5ccc(-c6cccc7oc8ccccc8c67)cc5)c5cccc6sc7ccccc7c56)cc4)cc3)cccc2c1. The molecule has 0 aliphatic rings. The fourth-order valence-corrected chi connectivity index (χ4v) is 9.42. The van der Waals surface area contributed by atoms with Gasteiger partial charge in [-0.25, -0.2) is 0 Å². The van der Waals surface area contributed by atoms with Crippen molar-refractivity contribution < 1.29 is 4.42 Å². The minimum atomic E-state index is 0.906. The zero-order valence-electron chi connectivity index (χ0n) is 29.8. The molecule has 2 nitrogen and oxygen atoms in total. The van der Waals surface area contributed by atoms with Gasteiger partial charge in [0, 0.05) is 42.3 Å². The van der Waals surface area contributed by atoms with Crippen LogP contribution in [-0.4, -0.2) is 0 Å². The van der Waals surface area contributed by atoms with E-state index >= 15 is 0 Å². The molecule has 0 atom stereocenters. The molecule has 0 spiro atoms. The van der Waals surface area contributed by atoms with E-state index in [0.717, 1.165) is 44.6 Å². The van der Waals surface area contributed by atoms with Gasteiger partial charge in [0.15, 0.2) is 0 Å². The molecule has 55 heavy (non-hydrogen) atoms. The quantitative estimate of drug-likeness (QED) is 0.170. The lowest BCUT2D eigenvalue weighted by Crippen LogP contribution is -2.10. The molecule has 3 heteroatoms. The summed E-state index contributed by atoms with van der Waals surface area (Å²) in [5.41, 5.74) is 12.4. The summed E-state index contributed by atoms with van der Waals surface area (Å²) in [6.07, 6.45) is 0. The minimum Gasteiger partial charge on any atom is -0.456 e. The standard InChI is InChI=1S/C52H33NOS/c1-2-12-41-36(10-1)11-7-15-42(41)37-24-22-34(23-25-37)35-26-30-39(31-27-35)53(46-17-9-21-50-52(46)45-14-4-6-20-49(45)55-50)40-32-28-38(29-33-40)43-16-8-19-48-51(43)44-13-3-5-18-47(44)54-48/h1-33H. The molecule has 0 aliphatic carbocycles. The van der Waals surface area contributed by atoms with Gasteiger partial charge in [0.05, 0.1) is 5.69 Å². The number of para-hydroxylation sites is 1. The summed E-state index contributed by atoms with van der Waals surface area (Å²) in [6.45, 7) is 0. The molecule has 0 radical (unpaired) electrons. The molecule has 0 N–H and O–H groups in total. The van der Waals surface area contributed by atoms with Crippen molar-refractivity contribution >= 4 is 81.3 Å². The van der Waals surface area contributed by atoms with E-state index in [9.17, 15) is 0 Å². The highest BCUT2D eigenvalue weighted by Gasteiger charge is 2.19.